The van der Waals surface area contributed by atoms with Crippen molar-refractivity contribution >= 4 is 5.97 Å². The maximum atomic E-state index is 11.2. The molecule has 0 aromatic rings. The molecule has 88 valence electrons. The standard InChI is InChI=1S/C10H20N2O3/c1-6-15-8(13)10(5,14)7-11-12-9(2,3)4/h14H,6-7H2,1-5H3/t10-/m1/s1. The minimum Gasteiger partial charge on any atom is -0.464 e. The fourth-order valence-corrected chi connectivity index (χ4v) is 0.736. The summed E-state index contributed by atoms with van der Waals surface area (Å²) >= 11 is 0. The topological polar surface area (TPSA) is 71.2 Å². The predicted molar refractivity (Wildman–Crippen MR) is 56.7 cm³/mol. The van der Waals surface area contributed by atoms with Gasteiger partial charge in [-0.25, -0.2) is 4.79 Å². The summed E-state index contributed by atoms with van der Waals surface area (Å²) in [7, 11) is 0. The maximum absolute atomic E-state index is 11.2. The van der Waals surface area contributed by atoms with Gasteiger partial charge in [0.2, 0.25) is 0 Å². The summed E-state index contributed by atoms with van der Waals surface area (Å²) in [6, 6.07) is 0. The number of hydrogen-bond acceptors (Lipinski definition) is 5. The lowest BCUT2D eigenvalue weighted by molar-refractivity contribution is -0.162. The van der Waals surface area contributed by atoms with E-state index in [0.717, 1.165) is 0 Å². The van der Waals surface area contributed by atoms with Crippen LogP contribution in [0, 0.1) is 0 Å². The van der Waals surface area contributed by atoms with Crippen LogP contribution in [-0.4, -0.2) is 35.4 Å². The van der Waals surface area contributed by atoms with E-state index in [9.17, 15) is 9.90 Å². The zero-order valence-electron chi connectivity index (χ0n) is 10.1. The van der Waals surface area contributed by atoms with E-state index in [1.807, 2.05) is 20.8 Å². The van der Waals surface area contributed by atoms with Crippen molar-refractivity contribution in [3.8, 4) is 0 Å². The van der Waals surface area contributed by atoms with Crippen molar-refractivity contribution in [3.63, 3.8) is 0 Å². The third kappa shape index (κ3) is 6.17. The Hall–Kier alpha value is -0.970. The van der Waals surface area contributed by atoms with Gasteiger partial charge in [-0.1, -0.05) is 0 Å². The number of esters is 1. The molecule has 0 aromatic heterocycles. The van der Waals surface area contributed by atoms with Gasteiger partial charge in [0.05, 0.1) is 18.7 Å². The van der Waals surface area contributed by atoms with E-state index < -0.39 is 11.6 Å². The molecule has 0 saturated carbocycles. The molecule has 0 saturated heterocycles. The molecule has 0 bridgehead atoms. The summed E-state index contributed by atoms with van der Waals surface area (Å²) < 4.78 is 4.70. The Bertz CT molecular complexity index is 242. The van der Waals surface area contributed by atoms with Crippen LogP contribution in [0.4, 0.5) is 0 Å². The van der Waals surface area contributed by atoms with Crippen molar-refractivity contribution in [3.05, 3.63) is 0 Å². The molecule has 0 fully saturated rings. The fraction of sp³-hybridized carbons (Fsp3) is 0.900. The summed E-state index contributed by atoms with van der Waals surface area (Å²) in [6.07, 6.45) is 0. The lowest BCUT2D eigenvalue weighted by Gasteiger charge is -2.18. The molecule has 0 radical (unpaired) electrons. The van der Waals surface area contributed by atoms with Crippen LogP contribution in [0.5, 0.6) is 0 Å². The molecule has 0 aromatic carbocycles. The van der Waals surface area contributed by atoms with E-state index >= 15 is 0 Å². The summed E-state index contributed by atoms with van der Waals surface area (Å²) in [5, 5.41) is 17.4. The molecule has 0 amide bonds. The Morgan fingerprint density at radius 3 is 2.27 bits per heavy atom. The second kappa shape index (κ2) is 5.21. The van der Waals surface area contributed by atoms with E-state index in [4.69, 9.17) is 4.74 Å². The van der Waals surface area contributed by atoms with Crippen LogP contribution in [0.2, 0.25) is 0 Å². The van der Waals surface area contributed by atoms with Crippen LogP contribution >= 0.6 is 0 Å². The van der Waals surface area contributed by atoms with Crippen molar-refractivity contribution in [2.45, 2.75) is 45.8 Å². The lowest BCUT2D eigenvalue weighted by Crippen LogP contribution is -2.39. The van der Waals surface area contributed by atoms with Crippen LogP contribution in [0.3, 0.4) is 0 Å². The molecule has 0 aliphatic rings. The summed E-state index contributed by atoms with van der Waals surface area (Å²) in [4.78, 5) is 11.2. The first kappa shape index (κ1) is 14.0. The highest BCUT2D eigenvalue weighted by Crippen LogP contribution is 2.11. The zero-order valence-corrected chi connectivity index (χ0v) is 10.1. The highest BCUT2D eigenvalue weighted by Gasteiger charge is 2.31. The van der Waals surface area contributed by atoms with Gasteiger partial charge in [0.25, 0.3) is 0 Å². The van der Waals surface area contributed by atoms with Gasteiger partial charge < -0.3 is 9.84 Å². The highest BCUT2D eigenvalue weighted by molar-refractivity contribution is 5.79. The highest BCUT2D eigenvalue weighted by atomic mass is 16.5. The van der Waals surface area contributed by atoms with Crippen molar-refractivity contribution in [1.82, 2.24) is 0 Å². The van der Waals surface area contributed by atoms with E-state index in [1.165, 1.54) is 6.92 Å². The second-order valence-corrected chi connectivity index (χ2v) is 4.56. The lowest BCUT2D eigenvalue weighted by atomic mass is 10.1. The normalized spacial score (nSPS) is 16.4. The SMILES string of the molecule is CCOC(=O)[C@](C)(O)CN=NC(C)(C)C. The first-order chi connectivity index (χ1) is 6.69. The Morgan fingerprint density at radius 1 is 1.33 bits per heavy atom. The minimum atomic E-state index is -1.59. The quantitative estimate of drug-likeness (QED) is 0.572. The van der Waals surface area contributed by atoms with Crippen LogP contribution in [0.25, 0.3) is 0 Å². The van der Waals surface area contributed by atoms with Crippen molar-refractivity contribution < 1.29 is 14.6 Å². The third-order valence-electron chi connectivity index (χ3n) is 1.46. The Labute approximate surface area is 90.5 Å². The van der Waals surface area contributed by atoms with Gasteiger partial charge >= 0.3 is 5.97 Å². The molecule has 0 rings (SSSR count). The fourth-order valence-electron chi connectivity index (χ4n) is 0.736. The number of aliphatic hydroxyl groups is 1. The smallest absolute Gasteiger partial charge is 0.339 e. The largest absolute Gasteiger partial charge is 0.464 e. The van der Waals surface area contributed by atoms with Gasteiger partial charge in [-0.15, -0.1) is 0 Å². The number of azo groups is 1. The average Bonchev–Trinajstić information content (AvgIpc) is 2.01. The van der Waals surface area contributed by atoms with Gasteiger partial charge in [0.15, 0.2) is 5.60 Å². The van der Waals surface area contributed by atoms with Crippen molar-refractivity contribution in [2.75, 3.05) is 13.2 Å². The molecule has 0 spiro atoms. The molecule has 15 heavy (non-hydrogen) atoms. The van der Waals surface area contributed by atoms with Gasteiger partial charge in [-0.2, -0.15) is 10.2 Å². The van der Waals surface area contributed by atoms with Crippen molar-refractivity contribution in [2.24, 2.45) is 10.2 Å². The monoisotopic (exact) mass is 216 g/mol. The number of carbonyl (C=O) groups is 1. The minimum absolute atomic E-state index is 0.0803. The number of rotatable bonds is 4. The number of carbonyl (C=O) groups excluding carboxylic acids is 1. The number of ether oxygens (including phenoxy) is 1. The van der Waals surface area contributed by atoms with Crippen LogP contribution in [-0.2, 0) is 9.53 Å². The molecule has 5 nitrogen and oxygen atoms in total. The maximum Gasteiger partial charge on any atom is 0.339 e. The van der Waals surface area contributed by atoms with E-state index in [2.05, 4.69) is 10.2 Å². The molecule has 0 aliphatic carbocycles. The predicted octanol–water partition coefficient (Wildman–Crippen LogP) is 1.55. The molecule has 0 unspecified atom stereocenters. The number of hydrogen-bond donors (Lipinski definition) is 1. The molecule has 1 N–H and O–H groups in total. The van der Waals surface area contributed by atoms with Gasteiger partial charge in [-0.3, -0.25) is 0 Å². The average molecular weight is 216 g/mol. The summed E-state index contributed by atoms with van der Waals surface area (Å²) in [6.45, 7) is 8.87. The van der Waals surface area contributed by atoms with E-state index in [1.54, 1.807) is 6.92 Å². The molecule has 0 aliphatic heterocycles. The molecular formula is C10H20N2O3. The molecular weight excluding hydrogens is 196 g/mol. The Kier molecular flexibility index (Phi) is 4.87. The second-order valence-electron chi connectivity index (χ2n) is 4.56. The zero-order chi connectivity index (χ0) is 12.1. The van der Waals surface area contributed by atoms with Gasteiger partial charge in [-0.05, 0) is 34.6 Å². The Morgan fingerprint density at radius 2 is 1.87 bits per heavy atom. The van der Waals surface area contributed by atoms with Crippen LogP contribution in [0.15, 0.2) is 10.2 Å². The summed E-state index contributed by atoms with van der Waals surface area (Å²) in [5.41, 5.74) is -1.89. The van der Waals surface area contributed by atoms with Gasteiger partial charge in [0, 0.05) is 0 Å². The van der Waals surface area contributed by atoms with Crippen LogP contribution < -0.4 is 0 Å². The van der Waals surface area contributed by atoms with E-state index in [-0.39, 0.29) is 18.7 Å². The first-order valence-electron chi connectivity index (χ1n) is 4.97. The Balaban J connectivity index is 4.27. The number of nitrogens with zero attached hydrogens (tertiary/aromatic N) is 2. The van der Waals surface area contributed by atoms with Gasteiger partial charge in [0.1, 0.15) is 0 Å². The molecule has 5 heteroatoms. The van der Waals surface area contributed by atoms with E-state index in [0.29, 0.717) is 0 Å². The first-order valence-corrected chi connectivity index (χ1v) is 4.97. The molecule has 0 heterocycles. The van der Waals surface area contributed by atoms with Crippen molar-refractivity contribution in [1.29, 1.82) is 0 Å². The third-order valence-corrected chi connectivity index (χ3v) is 1.46. The molecule has 1 atom stereocenters. The summed E-state index contributed by atoms with van der Waals surface area (Å²) in [5.74, 6) is -0.669. The van der Waals surface area contributed by atoms with Crippen LogP contribution in [0.1, 0.15) is 34.6 Å².